The number of aliphatic imine (C=N–C) groups is 1. The Morgan fingerprint density at radius 1 is 1.16 bits per heavy atom. The lowest BCUT2D eigenvalue weighted by Crippen LogP contribution is -2.49. The van der Waals surface area contributed by atoms with Gasteiger partial charge in [0.2, 0.25) is 5.88 Å². The Hall–Kier alpha value is -2.45. The van der Waals surface area contributed by atoms with Gasteiger partial charge in [-0.3, -0.25) is 4.90 Å². The summed E-state index contributed by atoms with van der Waals surface area (Å²) < 4.78 is 51.6. The van der Waals surface area contributed by atoms with Gasteiger partial charge in [0.15, 0.2) is 5.82 Å². The SMILES string of the molecule is C=Nc1nc(OCc2c(F)cc(CN3CC(O)C3)cc2F)c(Cl)cc1NCO[C@@H]1CO[C@H]2[C@@H]1OC[C@H]2O. The van der Waals surface area contributed by atoms with E-state index in [0.717, 1.165) is 0 Å². The molecule has 10 nitrogen and oxygen atoms in total. The van der Waals surface area contributed by atoms with Crippen molar-refractivity contribution in [2.24, 2.45) is 4.99 Å². The first-order valence-corrected chi connectivity index (χ1v) is 12.1. The van der Waals surface area contributed by atoms with Crippen LogP contribution in [0.1, 0.15) is 11.1 Å². The summed E-state index contributed by atoms with van der Waals surface area (Å²) in [5, 5.41) is 22.3. The van der Waals surface area contributed by atoms with Gasteiger partial charge in [0.25, 0.3) is 0 Å². The van der Waals surface area contributed by atoms with E-state index in [1.165, 1.54) is 18.2 Å². The molecular formula is C24H27ClF2N4O6. The van der Waals surface area contributed by atoms with Gasteiger partial charge in [0, 0.05) is 19.6 Å². The molecular weight excluding hydrogens is 514 g/mol. The standard InChI is InChI=1S/C24H27ClF2N4O6/c1-28-23-18(29-11-37-20-10-35-21-19(33)9-34-22(20)21)4-15(25)24(30-23)36-8-14-16(26)2-12(3-17(14)27)5-31-6-13(32)7-31/h2-4,13,19-22,29,32-33H,1,5-11H2/t19-,20-,21-,22-/m1/s1. The quantitative estimate of drug-likeness (QED) is 0.307. The summed E-state index contributed by atoms with van der Waals surface area (Å²) in [6, 6.07) is 4.00. The van der Waals surface area contributed by atoms with Crippen LogP contribution in [-0.2, 0) is 27.4 Å². The Morgan fingerprint density at radius 3 is 2.59 bits per heavy atom. The number of benzene rings is 1. The van der Waals surface area contributed by atoms with Crippen molar-refractivity contribution in [1.82, 2.24) is 9.88 Å². The average Bonchev–Trinajstić information content (AvgIpc) is 3.41. The largest absolute Gasteiger partial charge is 0.471 e. The van der Waals surface area contributed by atoms with Gasteiger partial charge in [-0.1, -0.05) is 11.6 Å². The second-order valence-electron chi connectivity index (χ2n) is 9.17. The summed E-state index contributed by atoms with van der Waals surface area (Å²) in [4.78, 5) is 9.95. The summed E-state index contributed by atoms with van der Waals surface area (Å²) in [6.07, 6.45) is -2.16. The minimum absolute atomic E-state index is 0.0522. The van der Waals surface area contributed by atoms with Gasteiger partial charge in [0.1, 0.15) is 54.4 Å². The number of likely N-dealkylation sites (tertiary alicyclic amines) is 1. The maximum absolute atomic E-state index is 14.6. The second-order valence-corrected chi connectivity index (χ2v) is 9.58. The highest BCUT2D eigenvalue weighted by Gasteiger charge is 2.47. The van der Waals surface area contributed by atoms with Crippen LogP contribution in [0.5, 0.6) is 5.88 Å². The maximum Gasteiger partial charge on any atom is 0.235 e. The number of nitrogens with zero attached hydrogens (tertiary/aromatic N) is 3. The highest BCUT2D eigenvalue weighted by molar-refractivity contribution is 6.32. The van der Waals surface area contributed by atoms with Crippen molar-refractivity contribution in [3.05, 3.63) is 46.0 Å². The molecule has 3 aliphatic rings. The van der Waals surface area contributed by atoms with E-state index >= 15 is 0 Å². The molecule has 37 heavy (non-hydrogen) atoms. The zero-order chi connectivity index (χ0) is 26.1. The second kappa shape index (κ2) is 11.1. The van der Waals surface area contributed by atoms with Crippen molar-refractivity contribution in [2.45, 2.75) is 43.7 Å². The highest BCUT2D eigenvalue weighted by Crippen LogP contribution is 2.34. The highest BCUT2D eigenvalue weighted by atomic mass is 35.5. The smallest absolute Gasteiger partial charge is 0.235 e. The third-order valence-electron chi connectivity index (χ3n) is 6.51. The van der Waals surface area contributed by atoms with Crippen LogP contribution in [0.25, 0.3) is 0 Å². The molecule has 5 rings (SSSR count). The predicted octanol–water partition coefficient (Wildman–Crippen LogP) is 2.01. The summed E-state index contributed by atoms with van der Waals surface area (Å²) in [5.74, 6) is -1.40. The van der Waals surface area contributed by atoms with Crippen LogP contribution in [0.3, 0.4) is 0 Å². The number of nitrogens with one attached hydrogen (secondary N) is 1. The third kappa shape index (κ3) is 5.70. The monoisotopic (exact) mass is 540 g/mol. The normalized spacial score (nSPS) is 25.6. The molecule has 0 amide bonds. The first-order valence-electron chi connectivity index (χ1n) is 11.8. The van der Waals surface area contributed by atoms with Gasteiger partial charge >= 0.3 is 0 Å². The number of aliphatic hydroxyl groups excluding tert-OH is 2. The van der Waals surface area contributed by atoms with E-state index < -0.39 is 36.6 Å². The van der Waals surface area contributed by atoms with Crippen LogP contribution in [0, 0.1) is 11.6 Å². The van der Waals surface area contributed by atoms with Crippen molar-refractivity contribution in [2.75, 3.05) is 38.4 Å². The van der Waals surface area contributed by atoms with Crippen LogP contribution in [-0.4, -0.2) is 90.4 Å². The Morgan fingerprint density at radius 2 is 1.89 bits per heavy atom. The zero-order valence-electron chi connectivity index (χ0n) is 19.8. The number of fused-ring (bicyclic) bond motifs is 1. The van der Waals surface area contributed by atoms with Gasteiger partial charge < -0.3 is 34.5 Å². The van der Waals surface area contributed by atoms with Crippen LogP contribution in [0.15, 0.2) is 23.2 Å². The molecule has 1 aromatic heterocycles. The van der Waals surface area contributed by atoms with E-state index in [0.29, 0.717) is 37.5 Å². The van der Waals surface area contributed by atoms with Crippen molar-refractivity contribution < 1.29 is 37.9 Å². The Kier molecular flexibility index (Phi) is 7.86. The van der Waals surface area contributed by atoms with Crippen LogP contribution in [0.2, 0.25) is 5.02 Å². The number of anilines is 1. The Bertz CT molecular complexity index is 1130. The van der Waals surface area contributed by atoms with Gasteiger partial charge in [0.05, 0.1) is 30.6 Å². The molecule has 3 aliphatic heterocycles. The van der Waals surface area contributed by atoms with Crippen LogP contribution >= 0.6 is 11.6 Å². The fourth-order valence-corrected chi connectivity index (χ4v) is 4.79. The molecule has 0 unspecified atom stereocenters. The molecule has 3 saturated heterocycles. The van der Waals surface area contributed by atoms with E-state index in [9.17, 15) is 19.0 Å². The topological polar surface area (TPSA) is 118 Å². The lowest BCUT2D eigenvalue weighted by Gasteiger charge is -2.35. The van der Waals surface area contributed by atoms with Crippen molar-refractivity contribution in [3.8, 4) is 5.88 Å². The van der Waals surface area contributed by atoms with Crippen molar-refractivity contribution in [3.63, 3.8) is 0 Å². The number of pyridine rings is 1. The molecule has 2 aromatic rings. The van der Waals surface area contributed by atoms with E-state index in [-0.39, 0.29) is 47.8 Å². The molecule has 0 aliphatic carbocycles. The number of hydrogen-bond acceptors (Lipinski definition) is 10. The van der Waals surface area contributed by atoms with E-state index in [4.69, 9.17) is 30.5 Å². The van der Waals surface area contributed by atoms with Crippen LogP contribution < -0.4 is 10.1 Å². The molecule has 0 radical (unpaired) electrons. The lowest BCUT2D eigenvalue weighted by atomic mass is 10.1. The van der Waals surface area contributed by atoms with Crippen molar-refractivity contribution in [1.29, 1.82) is 0 Å². The summed E-state index contributed by atoms with van der Waals surface area (Å²) in [6.45, 7) is 4.91. The molecule has 0 bridgehead atoms. The summed E-state index contributed by atoms with van der Waals surface area (Å²) in [5.41, 5.74) is 0.617. The van der Waals surface area contributed by atoms with Gasteiger partial charge in [-0.15, -0.1) is 0 Å². The number of aromatic nitrogens is 1. The first kappa shape index (κ1) is 26.2. The Balaban J connectivity index is 1.18. The molecule has 3 fully saturated rings. The number of rotatable bonds is 10. The minimum Gasteiger partial charge on any atom is -0.471 e. The number of hydrogen-bond donors (Lipinski definition) is 3. The van der Waals surface area contributed by atoms with Gasteiger partial charge in [-0.2, -0.15) is 4.98 Å². The average molecular weight is 541 g/mol. The molecule has 13 heteroatoms. The van der Waals surface area contributed by atoms with E-state index in [1.807, 2.05) is 4.90 Å². The lowest BCUT2D eigenvalue weighted by molar-refractivity contribution is -0.0311. The molecule has 200 valence electrons. The number of aliphatic hydroxyl groups is 2. The van der Waals surface area contributed by atoms with Crippen LogP contribution in [0.4, 0.5) is 20.3 Å². The summed E-state index contributed by atoms with van der Waals surface area (Å²) in [7, 11) is 0. The Labute approximate surface area is 216 Å². The molecule has 0 saturated carbocycles. The van der Waals surface area contributed by atoms with Gasteiger partial charge in [-0.05, 0) is 30.5 Å². The third-order valence-corrected chi connectivity index (χ3v) is 6.78. The predicted molar refractivity (Wildman–Crippen MR) is 129 cm³/mol. The number of β-amino-alcohol motifs (C(OH)–C–C–N with tert-alkyl or cyclic N) is 1. The van der Waals surface area contributed by atoms with Gasteiger partial charge in [-0.25, -0.2) is 13.8 Å². The molecule has 4 heterocycles. The first-order chi connectivity index (χ1) is 17.8. The minimum atomic E-state index is -0.749. The fraction of sp³-hybridized carbons (Fsp3) is 0.500. The van der Waals surface area contributed by atoms with E-state index in [2.05, 4.69) is 22.0 Å². The zero-order valence-corrected chi connectivity index (χ0v) is 20.5. The molecule has 1 aromatic carbocycles. The van der Waals surface area contributed by atoms with Crippen molar-refractivity contribution >= 4 is 29.8 Å². The fourth-order valence-electron chi connectivity index (χ4n) is 4.58. The van der Waals surface area contributed by atoms with E-state index in [1.54, 1.807) is 0 Å². The number of halogens is 3. The number of ether oxygens (including phenoxy) is 4. The molecule has 0 spiro atoms. The summed E-state index contributed by atoms with van der Waals surface area (Å²) >= 11 is 6.30. The molecule has 4 atom stereocenters. The molecule has 3 N–H and O–H groups in total. The maximum atomic E-state index is 14.6.